The van der Waals surface area contributed by atoms with Crippen LogP contribution < -0.4 is 4.74 Å². The average Bonchev–Trinajstić information content (AvgIpc) is 2.39. The number of aliphatic hydroxyl groups excluding tert-OH is 1. The van der Waals surface area contributed by atoms with E-state index in [2.05, 4.69) is 31.9 Å². The molecular weight excluding hydrogens is 360 g/mol. The molecule has 0 aliphatic rings. The Morgan fingerprint density at radius 3 is 2.22 bits per heavy atom. The molecule has 2 aromatic carbocycles. The summed E-state index contributed by atoms with van der Waals surface area (Å²) in [4.78, 5) is 0. The number of aliphatic hydroxyl groups is 1. The Hall–Kier alpha value is -0.840. The van der Waals surface area contributed by atoms with Crippen molar-refractivity contribution in [2.24, 2.45) is 0 Å². The molecule has 0 heterocycles. The smallest absolute Gasteiger partial charge is 0.125 e. The number of halogens is 2. The van der Waals surface area contributed by atoms with E-state index in [1.807, 2.05) is 42.5 Å². The molecule has 0 aliphatic heterocycles. The third-order valence-electron chi connectivity index (χ3n) is 2.67. The molecule has 1 N–H and O–H groups in total. The maximum atomic E-state index is 10.4. The fourth-order valence-corrected chi connectivity index (χ4v) is 2.39. The predicted molar refractivity (Wildman–Crippen MR) is 78.9 cm³/mol. The number of methoxy groups -OCH3 is 1. The van der Waals surface area contributed by atoms with Crippen LogP contribution >= 0.6 is 31.9 Å². The van der Waals surface area contributed by atoms with Crippen molar-refractivity contribution in [3.8, 4) is 5.75 Å². The van der Waals surface area contributed by atoms with Crippen LogP contribution in [0.15, 0.2) is 51.4 Å². The minimum atomic E-state index is -0.703. The van der Waals surface area contributed by atoms with Crippen molar-refractivity contribution < 1.29 is 9.84 Å². The van der Waals surface area contributed by atoms with Crippen LogP contribution in [0, 0.1) is 0 Å². The van der Waals surface area contributed by atoms with E-state index in [1.165, 1.54) is 0 Å². The van der Waals surface area contributed by atoms with Crippen molar-refractivity contribution in [2.45, 2.75) is 6.10 Å². The summed E-state index contributed by atoms with van der Waals surface area (Å²) in [6.45, 7) is 0. The molecule has 0 aromatic heterocycles. The second-order valence-corrected chi connectivity index (χ2v) is 5.67. The molecule has 0 spiro atoms. The summed E-state index contributed by atoms with van der Waals surface area (Å²) in [5.74, 6) is 0.675. The van der Waals surface area contributed by atoms with Gasteiger partial charge in [0.2, 0.25) is 0 Å². The molecule has 1 unspecified atom stereocenters. The summed E-state index contributed by atoms with van der Waals surface area (Å²) >= 11 is 6.78. The fourth-order valence-electron chi connectivity index (χ4n) is 1.74. The normalized spacial score (nSPS) is 12.2. The minimum absolute atomic E-state index is 0.675. The molecule has 0 bridgehead atoms. The topological polar surface area (TPSA) is 29.5 Å². The Balaban J connectivity index is 2.41. The van der Waals surface area contributed by atoms with Crippen molar-refractivity contribution in [1.29, 1.82) is 0 Å². The quantitative estimate of drug-likeness (QED) is 0.871. The lowest BCUT2D eigenvalue weighted by Gasteiger charge is -2.15. The number of ether oxygens (including phenoxy) is 1. The lowest BCUT2D eigenvalue weighted by atomic mass is 10.0. The van der Waals surface area contributed by atoms with Crippen LogP contribution in [-0.4, -0.2) is 12.2 Å². The third-order valence-corrected chi connectivity index (χ3v) is 3.69. The Morgan fingerprint density at radius 1 is 1.00 bits per heavy atom. The van der Waals surface area contributed by atoms with Gasteiger partial charge < -0.3 is 9.84 Å². The highest BCUT2D eigenvalue weighted by molar-refractivity contribution is 9.10. The average molecular weight is 372 g/mol. The van der Waals surface area contributed by atoms with Crippen molar-refractivity contribution >= 4 is 31.9 Å². The maximum absolute atomic E-state index is 10.4. The largest absolute Gasteiger partial charge is 0.496 e. The molecule has 2 aromatic rings. The van der Waals surface area contributed by atoms with Gasteiger partial charge in [0, 0.05) is 14.5 Å². The van der Waals surface area contributed by atoms with Crippen LogP contribution in [0.3, 0.4) is 0 Å². The zero-order valence-electron chi connectivity index (χ0n) is 9.73. The van der Waals surface area contributed by atoms with Gasteiger partial charge in [-0.05, 0) is 35.9 Å². The molecule has 2 nitrogen and oxygen atoms in total. The summed E-state index contributed by atoms with van der Waals surface area (Å²) < 4.78 is 7.17. The van der Waals surface area contributed by atoms with Gasteiger partial charge in [-0.1, -0.05) is 44.0 Å². The van der Waals surface area contributed by atoms with E-state index in [9.17, 15) is 5.11 Å². The van der Waals surface area contributed by atoms with Gasteiger partial charge in [0.05, 0.1) is 7.11 Å². The first-order chi connectivity index (χ1) is 8.61. The molecule has 0 saturated carbocycles. The van der Waals surface area contributed by atoms with E-state index in [-0.39, 0.29) is 0 Å². The van der Waals surface area contributed by atoms with E-state index in [0.29, 0.717) is 5.75 Å². The number of hydrogen-bond donors (Lipinski definition) is 1. The van der Waals surface area contributed by atoms with Crippen LogP contribution in [-0.2, 0) is 0 Å². The van der Waals surface area contributed by atoms with Gasteiger partial charge in [0.1, 0.15) is 11.9 Å². The van der Waals surface area contributed by atoms with E-state index >= 15 is 0 Å². The number of rotatable bonds is 3. The highest BCUT2D eigenvalue weighted by atomic mass is 79.9. The van der Waals surface area contributed by atoms with Gasteiger partial charge in [-0.15, -0.1) is 0 Å². The second-order valence-electron chi connectivity index (χ2n) is 3.84. The molecule has 18 heavy (non-hydrogen) atoms. The highest BCUT2D eigenvalue weighted by Gasteiger charge is 2.15. The first kappa shape index (κ1) is 13.6. The van der Waals surface area contributed by atoms with Crippen molar-refractivity contribution in [1.82, 2.24) is 0 Å². The molecule has 0 aliphatic carbocycles. The molecule has 94 valence electrons. The summed E-state index contributed by atoms with van der Waals surface area (Å²) in [5.41, 5.74) is 1.57. The molecule has 0 fully saturated rings. The van der Waals surface area contributed by atoms with Gasteiger partial charge >= 0.3 is 0 Å². The van der Waals surface area contributed by atoms with E-state index in [4.69, 9.17) is 4.74 Å². The van der Waals surface area contributed by atoms with Gasteiger partial charge in [-0.3, -0.25) is 0 Å². The Bertz CT molecular complexity index is 538. The van der Waals surface area contributed by atoms with Crippen LogP contribution in [0.4, 0.5) is 0 Å². The minimum Gasteiger partial charge on any atom is -0.496 e. The zero-order valence-corrected chi connectivity index (χ0v) is 12.9. The van der Waals surface area contributed by atoms with Crippen LogP contribution in [0.2, 0.25) is 0 Å². The van der Waals surface area contributed by atoms with Gasteiger partial charge in [-0.2, -0.15) is 0 Å². The van der Waals surface area contributed by atoms with Crippen molar-refractivity contribution in [3.63, 3.8) is 0 Å². The van der Waals surface area contributed by atoms with Crippen molar-refractivity contribution in [2.75, 3.05) is 7.11 Å². The third kappa shape index (κ3) is 2.94. The van der Waals surface area contributed by atoms with E-state index in [1.54, 1.807) is 7.11 Å². The lowest BCUT2D eigenvalue weighted by Crippen LogP contribution is -2.02. The second kappa shape index (κ2) is 5.87. The van der Waals surface area contributed by atoms with Crippen LogP contribution in [0.1, 0.15) is 17.2 Å². The van der Waals surface area contributed by atoms with E-state index in [0.717, 1.165) is 20.1 Å². The number of benzene rings is 2. The summed E-state index contributed by atoms with van der Waals surface area (Å²) in [6.07, 6.45) is -0.703. The maximum Gasteiger partial charge on any atom is 0.125 e. The Morgan fingerprint density at radius 2 is 1.61 bits per heavy atom. The van der Waals surface area contributed by atoms with Crippen LogP contribution in [0.5, 0.6) is 5.75 Å². The summed E-state index contributed by atoms with van der Waals surface area (Å²) in [6, 6.07) is 13.2. The SMILES string of the molecule is COc1ccc(Br)cc1C(O)c1ccc(Br)cc1. The zero-order chi connectivity index (χ0) is 13.1. The van der Waals surface area contributed by atoms with E-state index < -0.39 is 6.10 Å². The van der Waals surface area contributed by atoms with Gasteiger partial charge in [-0.25, -0.2) is 0 Å². The molecule has 0 saturated heterocycles. The molecular formula is C14H12Br2O2. The molecule has 2 rings (SSSR count). The molecule has 0 radical (unpaired) electrons. The lowest BCUT2D eigenvalue weighted by molar-refractivity contribution is 0.214. The Labute approximate surface area is 123 Å². The fraction of sp³-hybridized carbons (Fsp3) is 0.143. The molecule has 1 atom stereocenters. The first-order valence-corrected chi connectivity index (χ1v) is 6.97. The van der Waals surface area contributed by atoms with Gasteiger partial charge in [0.25, 0.3) is 0 Å². The molecule has 4 heteroatoms. The summed E-state index contributed by atoms with van der Waals surface area (Å²) in [5, 5.41) is 10.4. The first-order valence-electron chi connectivity index (χ1n) is 5.39. The summed E-state index contributed by atoms with van der Waals surface area (Å²) in [7, 11) is 1.60. The standard InChI is InChI=1S/C14H12Br2O2/c1-18-13-7-6-11(16)8-12(13)14(17)9-2-4-10(15)5-3-9/h2-8,14,17H,1H3. The molecule has 0 amide bonds. The van der Waals surface area contributed by atoms with Gasteiger partial charge in [0.15, 0.2) is 0 Å². The van der Waals surface area contributed by atoms with Crippen molar-refractivity contribution in [3.05, 3.63) is 62.5 Å². The van der Waals surface area contributed by atoms with Crippen LogP contribution in [0.25, 0.3) is 0 Å². The predicted octanol–water partition coefficient (Wildman–Crippen LogP) is 4.30. The monoisotopic (exact) mass is 370 g/mol. The Kier molecular flexibility index (Phi) is 4.43. The number of hydrogen-bond acceptors (Lipinski definition) is 2. The highest BCUT2D eigenvalue weighted by Crippen LogP contribution is 2.32.